The highest BCUT2D eigenvalue weighted by Gasteiger charge is 2.27. The molecule has 1 N–H and O–H groups in total. The van der Waals surface area contributed by atoms with Gasteiger partial charge in [-0.25, -0.2) is 0 Å². The van der Waals surface area contributed by atoms with Crippen molar-refractivity contribution in [3.8, 4) is 5.75 Å². The molecule has 1 aromatic carbocycles. The second kappa shape index (κ2) is 6.98. The molecule has 1 aliphatic rings. The molecule has 0 aromatic heterocycles. The van der Waals surface area contributed by atoms with Crippen LogP contribution in [0.4, 0.5) is 0 Å². The maximum atomic E-state index is 12.3. The van der Waals surface area contributed by atoms with Gasteiger partial charge in [-0.2, -0.15) is 0 Å². The summed E-state index contributed by atoms with van der Waals surface area (Å²) in [5.74, 6) is 2.29. The van der Waals surface area contributed by atoms with Crippen LogP contribution in [-0.4, -0.2) is 25.4 Å². The number of ether oxygens (including phenoxy) is 1. The molecule has 110 valence electrons. The molecule has 4 heteroatoms. The summed E-state index contributed by atoms with van der Waals surface area (Å²) >= 11 is 5.97. The number of aryl methyl sites for hydroxylation is 1. The van der Waals surface area contributed by atoms with Gasteiger partial charge in [0, 0.05) is 12.4 Å². The Hall–Kier alpha value is -1.22. The first kappa shape index (κ1) is 15.2. The maximum Gasteiger partial charge on any atom is 0.255 e. The van der Waals surface area contributed by atoms with Crippen molar-refractivity contribution in [3.63, 3.8) is 0 Å². The van der Waals surface area contributed by atoms with Gasteiger partial charge >= 0.3 is 0 Å². The van der Waals surface area contributed by atoms with Crippen LogP contribution in [0.25, 0.3) is 0 Å². The van der Waals surface area contributed by atoms with E-state index in [0.717, 1.165) is 12.0 Å². The molecule has 3 nitrogen and oxygen atoms in total. The van der Waals surface area contributed by atoms with Crippen LogP contribution >= 0.6 is 11.6 Å². The minimum atomic E-state index is -0.0641. The van der Waals surface area contributed by atoms with Crippen molar-refractivity contribution in [2.75, 3.05) is 19.5 Å². The summed E-state index contributed by atoms with van der Waals surface area (Å²) in [6, 6.07) is 5.64. The lowest BCUT2D eigenvalue weighted by Crippen LogP contribution is -2.31. The molecule has 0 aliphatic heterocycles. The van der Waals surface area contributed by atoms with E-state index in [4.69, 9.17) is 16.3 Å². The molecule has 2 atom stereocenters. The third-order valence-electron chi connectivity index (χ3n) is 4.14. The van der Waals surface area contributed by atoms with Gasteiger partial charge in [0.25, 0.3) is 5.91 Å². The van der Waals surface area contributed by atoms with E-state index in [1.54, 1.807) is 7.11 Å². The average Bonchev–Trinajstić information content (AvgIpc) is 2.92. The number of hydrogen-bond acceptors (Lipinski definition) is 2. The van der Waals surface area contributed by atoms with Gasteiger partial charge in [-0.05, 0) is 43.7 Å². The van der Waals surface area contributed by atoms with Crippen LogP contribution in [0.15, 0.2) is 18.2 Å². The Morgan fingerprint density at radius 2 is 2.15 bits per heavy atom. The Morgan fingerprint density at radius 1 is 1.40 bits per heavy atom. The summed E-state index contributed by atoms with van der Waals surface area (Å²) in [6.45, 7) is 2.67. The van der Waals surface area contributed by atoms with E-state index in [9.17, 15) is 4.79 Å². The van der Waals surface area contributed by atoms with E-state index in [1.165, 1.54) is 12.8 Å². The number of halogens is 1. The Labute approximate surface area is 125 Å². The van der Waals surface area contributed by atoms with Crippen LogP contribution in [0.5, 0.6) is 5.75 Å². The highest BCUT2D eigenvalue weighted by atomic mass is 35.5. The molecule has 1 aliphatic carbocycles. The normalized spacial score (nSPS) is 21.8. The zero-order valence-corrected chi connectivity index (χ0v) is 12.9. The highest BCUT2D eigenvalue weighted by Crippen LogP contribution is 2.32. The van der Waals surface area contributed by atoms with E-state index in [0.29, 0.717) is 35.6 Å². The third kappa shape index (κ3) is 3.45. The molecule has 2 unspecified atom stereocenters. The first-order valence-electron chi connectivity index (χ1n) is 7.14. The molecule has 20 heavy (non-hydrogen) atoms. The van der Waals surface area contributed by atoms with Crippen LogP contribution in [-0.2, 0) is 0 Å². The standard InChI is InChI=1S/C16H22ClNO2/c1-11-6-7-15(20-2)14(8-11)16(19)18-10-13-5-3-4-12(13)9-17/h6-8,12-13H,3-5,9-10H2,1-2H3,(H,18,19). The maximum absolute atomic E-state index is 12.3. The van der Waals surface area contributed by atoms with Crippen molar-refractivity contribution in [1.82, 2.24) is 5.32 Å². The Balaban J connectivity index is 2.00. The van der Waals surface area contributed by atoms with Crippen molar-refractivity contribution in [2.45, 2.75) is 26.2 Å². The van der Waals surface area contributed by atoms with Crippen LogP contribution in [0, 0.1) is 18.8 Å². The number of carbonyl (C=O) groups is 1. The van der Waals surface area contributed by atoms with Gasteiger partial charge < -0.3 is 10.1 Å². The summed E-state index contributed by atoms with van der Waals surface area (Å²) < 4.78 is 5.25. The molecular formula is C16H22ClNO2. The van der Waals surface area contributed by atoms with Crippen molar-refractivity contribution in [2.24, 2.45) is 11.8 Å². The number of rotatable bonds is 5. The van der Waals surface area contributed by atoms with Crippen LogP contribution < -0.4 is 10.1 Å². The lowest BCUT2D eigenvalue weighted by molar-refractivity contribution is 0.0941. The minimum Gasteiger partial charge on any atom is -0.496 e. The minimum absolute atomic E-state index is 0.0641. The summed E-state index contributed by atoms with van der Waals surface area (Å²) in [6.07, 6.45) is 3.55. The zero-order chi connectivity index (χ0) is 14.5. The van der Waals surface area contributed by atoms with E-state index in [-0.39, 0.29) is 5.91 Å². The van der Waals surface area contributed by atoms with E-state index >= 15 is 0 Å². The number of benzene rings is 1. The Kier molecular flexibility index (Phi) is 5.30. The second-order valence-electron chi connectivity index (χ2n) is 5.52. The van der Waals surface area contributed by atoms with Gasteiger partial charge in [-0.3, -0.25) is 4.79 Å². The van der Waals surface area contributed by atoms with Crippen LogP contribution in [0.3, 0.4) is 0 Å². The lowest BCUT2D eigenvalue weighted by atomic mass is 9.98. The molecule has 0 heterocycles. The van der Waals surface area contributed by atoms with Crippen LogP contribution in [0.1, 0.15) is 35.2 Å². The van der Waals surface area contributed by atoms with Crippen molar-refractivity contribution in [1.29, 1.82) is 0 Å². The Morgan fingerprint density at radius 3 is 2.85 bits per heavy atom. The topological polar surface area (TPSA) is 38.3 Å². The fourth-order valence-corrected chi connectivity index (χ4v) is 3.31. The molecule has 0 radical (unpaired) electrons. The fourth-order valence-electron chi connectivity index (χ4n) is 2.90. The molecule has 1 fully saturated rings. The second-order valence-corrected chi connectivity index (χ2v) is 5.83. The molecule has 0 spiro atoms. The predicted molar refractivity (Wildman–Crippen MR) is 81.6 cm³/mol. The SMILES string of the molecule is COc1ccc(C)cc1C(=O)NCC1CCCC1CCl. The van der Waals surface area contributed by atoms with Gasteiger partial charge in [-0.1, -0.05) is 18.1 Å². The largest absolute Gasteiger partial charge is 0.496 e. The molecule has 1 amide bonds. The molecule has 0 saturated heterocycles. The van der Waals surface area contributed by atoms with Gasteiger partial charge in [0.1, 0.15) is 5.75 Å². The molecule has 0 bridgehead atoms. The summed E-state index contributed by atoms with van der Waals surface area (Å²) in [7, 11) is 1.59. The van der Waals surface area contributed by atoms with Gasteiger partial charge in [0.2, 0.25) is 0 Å². The van der Waals surface area contributed by atoms with E-state index in [2.05, 4.69) is 5.32 Å². The molecule has 1 aromatic rings. The first-order chi connectivity index (χ1) is 9.65. The average molecular weight is 296 g/mol. The van der Waals surface area contributed by atoms with Crippen molar-refractivity contribution in [3.05, 3.63) is 29.3 Å². The highest BCUT2D eigenvalue weighted by molar-refractivity contribution is 6.18. The number of nitrogens with one attached hydrogen (secondary N) is 1. The summed E-state index contributed by atoms with van der Waals surface area (Å²) in [5, 5.41) is 3.03. The van der Waals surface area contributed by atoms with Crippen molar-refractivity contribution < 1.29 is 9.53 Å². The monoisotopic (exact) mass is 295 g/mol. The molecule has 2 rings (SSSR count). The number of amides is 1. The summed E-state index contributed by atoms with van der Waals surface area (Å²) in [5.41, 5.74) is 1.66. The van der Waals surface area contributed by atoms with E-state index < -0.39 is 0 Å². The molecular weight excluding hydrogens is 274 g/mol. The van der Waals surface area contributed by atoms with Gasteiger partial charge in [0.05, 0.1) is 12.7 Å². The lowest BCUT2D eigenvalue weighted by Gasteiger charge is -2.18. The number of hydrogen-bond donors (Lipinski definition) is 1. The first-order valence-corrected chi connectivity index (χ1v) is 7.68. The van der Waals surface area contributed by atoms with E-state index in [1.807, 2.05) is 25.1 Å². The quantitative estimate of drug-likeness (QED) is 0.846. The number of alkyl halides is 1. The number of methoxy groups -OCH3 is 1. The third-order valence-corrected chi connectivity index (χ3v) is 4.54. The fraction of sp³-hybridized carbons (Fsp3) is 0.562. The summed E-state index contributed by atoms with van der Waals surface area (Å²) in [4.78, 5) is 12.3. The van der Waals surface area contributed by atoms with Gasteiger partial charge in [0.15, 0.2) is 0 Å². The smallest absolute Gasteiger partial charge is 0.255 e. The molecule has 1 saturated carbocycles. The van der Waals surface area contributed by atoms with Gasteiger partial charge in [-0.15, -0.1) is 11.6 Å². The Bertz CT molecular complexity index is 476. The number of carbonyl (C=O) groups excluding carboxylic acids is 1. The van der Waals surface area contributed by atoms with Crippen molar-refractivity contribution >= 4 is 17.5 Å². The van der Waals surface area contributed by atoms with Crippen LogP contribution in [0.2, 0.25) is 0 Å². The zero-order valence-electron chi connectivity index (χ0n) is 12.1. The predicted octanol–water partition coefficient (Wildman–Crippen LogP) is 3.39.